The van der Waals surface area contributed by atoms with Crippen LogP contribution in [0.4, 0.5) is 4.39 Å². The van der Waals surface area contributed by atoms with Crippen molar-refractivity contribution in [2.75, 3.05) is 6.67 Å². The zero-order chi connectivity index (χ0) is 9.84. The van der Waals surface area contributed by atoms with E-state index in [0.717, 1.165) is 3.57 Å². The molecule has 13 heavy (non-hydrogen) atoms. The third-order valence-corrected chi connectivity index (χ3v) is 2.35. The van der Waals surface area contributed by atoms with Gasteiger partial charge in [0.05, 0.1) is 3.57 Å². The summed E-state index contributed by atoms with van der Waals surface area (Å²) in [6.45, 7) is 1.14. The van der Waals surface area contributed by atoms with Gasteiger partial charge in [0.2, 0.25) is 0 Å². The Labute approximate surface area is 94.6 Å². The highest BCUT2D eigenvalue weighted by atomic mass is 127. The number of ether oxygens (including phenoxy) is 1. The molecule has 0 aliphatic heterocycles. The molecule has 2 nitrogen and oxygen atoms in total. The Balaban J connectivity index is 2.81. The molecule has 0 aromatic carbocycles. The van der Waals surface area contributed by atoms with Gasteiger partial charge in [0, 0.05) is 12.3 Å². The van der Waals surface area contributed by atoms with Crippen LogP contribution in [-0.4, -0.2) is 17.8 Å². The van der Waals surface area contributed by atoms with E-state index in [9.17, 15) is 4.39 Å². The monoisotopic (exact) mass is 315 g/mol. The van der Waals surface area contributed by atoms with Gasteiger partial charge < -0.3 is 4.74 Å². The lowest BCUT2D eigenvalue weighted by Gasteiger charge is -2.12. The molecule has 5 heteroatoms. The molecule has 0 saturated heterocycles. The van der Waals surface area contributed by atoms with E-state index >= 15 is 0 Å². The van der Waals surface area contributed by atoms with E-state index in [1.54, 1.807) is 19.2 Å². The number of aromatic nitrogens is 1. The van der Waals surface area contributed by atoms with E-state index in [2.05, 4.69) is 27.6 Å². The standard InChI is InChI=1S/C8H8ClFINO/c1-5(3-10)13-7-2-8(9)12-4-6(7)11/h2,4-5H,3H2,1H3. The highest BCUT2D eigenvalue weighted by Gasteiger charge is 2.07. The summed E-state index contributed by atoms with van der Waals surface area (Å²) in [5.41, 5.74) is 0. The fourth-order valence-corrected chi connectivity index (χ4v) is 1.30. The first kappa shape index (κ1) is 11.0. The van der Waals surface area contributed by atoms with Crippen molar-refractivity contribution in [3.63, 3.8) is 0 Å². The molecule has 0 bridgehead atoms. The lowest BCUT2D eigenvalue weighted by Crippen LogP contribution is -2.14. The van der Waals surface area contributed by atoms with Crippen LogP contribution in [0, 0.1) is 3.57 Å². The molecular weight excluding hydrogens is 307 g/mol. The van der Waals surface area contributed by atoms with Crippen LogP contribution >= 0.6 is 34.2 Å². The molecule has 0 aliphatic rings. The van der Waals surface area contributed by atoms with Gasteiger partial charge in [0.1, 0.15) is 23.7 Å². The summed E-state index contributed by atoms with van der Waals surface area (Å²) in [5.74, 6) is 0.575. The fraction of sp³-hybridized carbons (Fsp3) is 0.375. The van der Waals surface area contributed by atoms with Crippen molar-refractivity contribution in [1.82, 2.24) is 4.98 Å². The van der Waals surface area contributed by atoms with Crippen LogP contribution in [0.1, 0.15) is 6.92 Å². The van der Waals surface area contributed by atoms with Gasteiger partial charge in [-0.15, -0.1) is 0 Å². The molecular formula is C8H8ClFINO. The van der Waals surface area contributed by atoms with Gasteiger partial charge in [-0.2, -0.15) is 0 Å². The molecule has 0 amide bonds. The molecule has 72 valence electrons. The predicted octanol–water partition coefficient (Wildman–Crippen LogP) is 3.08. The Kier molecular flexibility index (Phi) is 4.18. The molecule has 1 heterocycles. The first-order chi connectivity index (χ1) is 6.13. The predicted molar refractivity (Wildman–Crippen MR) is 58.0 cm³/mol. The summed E-state index contributed by atoms with van der Waals surface area (Å²) >= 11 is 7.71. The minimum Gasteiger partial charge on any atom is -0.487 e. The third kappa shape index (κ3) is 3.27. The van der Waals surface area contributed by atoms with Crippen molar-refractivity contribution >= 4 is 34.2 Å². The van der Waals surface area contributed by atoms with Crippen molar-refractivity contribution in [2.24, 2.45) is 0 Å². The quantitative estimate of drug-likeness (QED) is 0.632. The van der Waals surface area contributed by atoms with Gasteiger partial charge >= 0.3 is 0 Å². The van der Waals surface area contributed by atoms with Crippen molar-refractivity contribution in [2.45, 2.75) is 13.0 Å². The second-order valence-corrected chi connectivity index (χ2v) is 4.07. The average Bonchev–Trinajstić information content (AvgIpc) is 2.11. The fourth-order valence-electron chi connectivity index (χ4n) is 0.735. The summed E-state index contributed by atoms with van der Waals surface area (Å²) in [6.07, 6.45) is 1.13. The molecule has 1 atom stereocenters. The number of hydrogen-bond acceptors (Lipinski definition) is 2. The van der Waals surface area contributed by atoms with E-state index < -0.39 is 12.8 Å². The molecule has 0 fully saturated rings. The topological polar surface area (TPSA) is 22.1 Å². The van der Waals surface area contributed by atoms with Gasteiger partial charge in [-0.3, -0.25) is 0 Å². The minimum absolute atomic E-state index is 0.349. The highest BCUT2D eigenvalue weighted by molar-refractivity contribution is 14.1. The molecule has 0 N–H and O–H groups in total. The van der Waals surface area contributed by atoms with Crippen molar-refractivity contribution in [3.05, 3.63) is 21.0 Å². The Morgan fingerprint density at radius 2 is 2.46 bits per heavy atom. The minimum atomic E-state index is -0.518. The number of rotatable bonds is 3. The molecule has 0 radical (unpaired) electrons. The van der Waals surface area contributed by atoms with Crippen molar-refractivity contribution in [1.29, 1.82) is 0 Å². The van der Waals surface area contributed by atoms with Gasteiger partial charge in [0.25, 0.3) is 0 Å². The van der Waals surface area contributed by atoms with Gasteiger partial charge in [-0.25, -0.2) is 9.37 Å². The van der Waals surface area contributed by atoms with Crippen LogP contribution in [0.25, 0.3) is 0 Å². The number of hydrogen-bond donors (Lipinski definition) is 0. The number of pyridine rings is 1. The SMILES string of the molecule is CC(CF)Oc1cc(Cl)ncc1I. The van der Waals surface area contributed by atoms with Crippen molar-refractivity contribution < 1.29 is 9.13 Å². The molecule has 1 unspecified atom stereocenters. The summed E-state index contributed by atoms with van der Waals surface area (Å²) in [5, 5.41) is 0.349. The van der Waals surface area contributed by atoms with Gasteiger partial charge in [-0.1, -0.05) is 11.6 Å². The van der Waals surface area contributed by atoms with Crippen LogP contribution in [0.15, 0.2) is 12.3 Å². The lowest BCUT2D eigenvalue weighted by atomic mass is 10.4. The van der Waals surface area contributed by atoms with E-state index in [1.807, 2.05) is 0 Å². The summed E-state index contributed by atoms with van der Waals surface area (Å²) in [7, 11) is 0. The summed E-state index contributed by atoms with van der Waals surface area (Å²) < 4.78 is 18.2. The van der Waals surface area contributed by atoms with Crippen molar-refractivity contribution in [3.8, 4) is 5.75 Å². The first-order valence-corrected chi connectivity index (χ1v) is 5.13. The lowest BCUT2D eigenvalue weighted by molar-refractivity contribution is 0.180. The normalized spacial score (nSPS) is 12.6. The van der Waals surface area contributed by atoms with Crippen LogP contribution in [0.3, 0.4) is 0 Å². The highest BCUT2D eigenvalue weighted by Crippen LogP contribution is 2.23. The molecule has 1 rings (SSSR count). The molecule has 0 aliphatic carbocycles. The van der Waals surface area contributed by atoms with E-state index in [4.69, 9.17) is 16.3 Å². The summed E-state index contributed by atoms with van der Waals surface area (Å²) in [4.78, 5) is 3.86. The smallest absolute Gasteiger partial charge is 0.137 e. The molecule has 1 aromatic rings. The van der Waals surface area contributed by atoms with E-state index in [0.29, 0.717) is 10.9 Å². The van der Waals surface area contributed by atoms with E-state index in [-0.39, 0.29) is 0 Å². The van der Waals surface area contributed by atoms with Crippen LogP contribution < -0.4 is 4.74 Å². The Morgan fingerprint density at radius 1 is 1.77 bits per heavy atom. The zero-order valence-corrected chi connectivity index (χ0v) is 9.84. The number of halogens is 3. The van der Waals surface area contributed by atoms with Gasteiger partial charge in [0.15, 0.2) is 0 Å². The van der Waals surface area contributed by atoms with Gasteiger partial charge in [-0.05, 0) is 29.5 Å². The average molecular weight is 316 g/mol. The molecule has 0 spiro atoms. The van der Waals surface area contributed by atoms with Crippen LogP contribution in [-0.2, 0) is 0 Å². The maximum atomic E-state index is 12.1. The Bertz CT molecular complexity index is 297. The molecule has 0 saturated carbocycles. The van der Waals surface area contributed by atoms with Crippen LogP contribution in [0.5, 0.6) is 5.75 Å². The third-order valence-electron chi connectivity index (χ3n) is 1.33. The summed E-state index contributed by atoms with van der Waals surface area (Å²) in [6, 6.07) is 1.58. The second-order valence-electron chi connectivity index (χ2n) is 2.52. The Morgan fingerprint density at radius 3 is 3.08 bits per heavy atom. The second kappa shape index (κ2) is 4.95. The Hall–Kier alpha value is -0.100. The largest absolute Gasteiger partial charge is 0.487 e. The number of nitrogens with zero attached hydrogens (tertiary/aromatic N) is 1. The van der Waals surface area contributed by atoms with Crippen LogP contribution in [0.2, 0.25) is 5.15 Å². The maximum Gasteiger partial charge on any atom is 0.137 e. The zero-order valence-electron chi connectivity index (χ0n) is 6.93. The van der Waals surface area contributed by atoms with E-state index in [1.165, 1.54) is 0 Å². The maximum absolute atomic E-state index is 12.1. The molecule has 1 aromatic heterocycles. The number of alkyl halides is 1. The first-order valence-electron chi connectivity index (χ1n) is 3.67.